The van der Waals surface area contributed by atoms with Crippen LogP contribution < -0.4 is 15.2 Å². The molecule has 1 saturated carbocycles. The summed E-state index contributed by atoms with van der Waals surface area (Å²) in [6.45, 7) is 0.0211. The quantitative estimate of drug-likeness (QED) is 0.799. The lowest BCUT2D eigenvalue weighted by Crippen LogP contribution is -2.33. The van der Waals surface area contributed by atoms with Gasteiger partial charge in [0.15, 0.2) is 18.1 Å². The fraction of sp³-hybridized carbons (Fsp3) is 0.462. The Balaban J connectivity index is 1.94. The summed E-state index contributed by atoms with van der Waals surface area (Å²) in [4.78, 5) is 13.5. The molecule has 1 fully saturated rings. The first-order valence-electron chi connectivity index (χ1n) is 5.94. The van der Waals surface area contributed by atoms with Crippen molar-refractivity contribution in [3.8, 4) is 11.5 Å². The zero-order valence-corrected chi connectivity index (χ0v) is 10.7. The van der Waals surface area contributed by atoms with E-state index in [2.05, 4.69) is 0 Å². The van der Waals surface area contributed by atoms with Gasteiger partial charge in [-0.15, -0.1) is 0 Å². The number of likely N-dealkylation sites (N-methyl/N-ethyl adjacent to an activating group) is 1. The lowest BCUT2D eigenvalue weighted by molar-refractivity contribution is -0.132. The van der Waals surface area contributed by atoms with Gasteiger partial charge in [0, 0.05) is 24.8 Å². The average Bonchev–Trinajstić information content (AvgIpc) is 3.20. The van der Waals surface area contributed by atoms with E-state index in [0.29, 0.717) is 23.2 Å². The molecule has 2 rings (SSSR count). The molecule has 0 aliphatic heterocycles. The molecule has 0 unspecified atom stereocenters. The molecule has 2 N–H and O–H groups in total. The second kappa shape index (κ2) is 5.16. The van der Waals surface area contributed by atoms with E-state index in [0.717, 1.165) is 12.8 Å². The number of methoxy groups -OCH3 is 1. The minimum absolute atomic E-state index is 0.0172. The molecule has 1 aromatic carbocycles. The van der Waals surface area contributed by atoms with Crippen LogP contribution in [0.25, 0.3) is 0 Å². The number of benzene rings is 1. The molecule has 1 aliphatic carbocycles. The minimum Gasteiger partial charge on any atom is -0.493 e. The van der Waals surface area contributed by atoms with E-state index in [9.17, 15) is 4.79 Å². The third-order valence-corrected chi connectivity index (χ3v) is 3.03. The number of hydrogen-bond donors (Lipinski definition) is 1. The number of anilines is 1. The van der Waals surface area contributed by atoms with Crippen LogP contribution in [0.15, 0.2) is 18.2 Å². The van der Waals surface area contributed by atoms with Gasteiger partial charge in [0.1, 0.15) is 0 Å². The van der Waals surface area contributed by atoms with Crippen LogP contribution in [0.4, 0.5) is 5.69 Å². The first kappa shape index (κ1) is 12.5. The first-order valence-corrected chi connectivity index (χ1v) is 5.94. The zero-order valence-electron chi connectivity index (χ0n) is 10.7. The van der Waals surface area contributed by atoms with E-state index in [1.807, 2.05) is 7.05 Å². The van der Waals surface area contributed by atoms with Crippen molar-refractivity contribution in [2.75, 3.05) is 26.5 Å². The molecule has 1 aliphatic rings. The van der Waals surface area contributed by atoms with Gasteiger partial charge in [-0.05, 0) is 25.0 Å². The van der Waals surface area contributed by atoms with Crippen LogP contribution in [0.1, 0.15) is 12.8 Å². The lowest BCUT2D eigenvalue weighted by atomic mass is 10.3. The average molecular weight is 250 g/mol. The number of rotatable bonds is 5. The Kier molecular flexibility index (Phi) is 3.60. The van der Waals surface area contributed by atoms with Crippen LogP contribution in [-0.2, 0) is 4.79 Å². The number of ether oxygens (including phenoxy) is 2. The molecular weight excluding hydrogens is 232 g/mol. The van der Waals surface area contributed by atoms with E-state index in [-0.39, 0.29) is 12.5 Å². The molecule has 5 nitrogen and oxygen atoms in total. The summed E-state index contributed by atoms with van der Waals surface area (Å²) in [6, 6.07) is 5.49. The predicted octanol–water partition coefficient (Wildman–Crippen LogP) is 1.28. The van der Waals surface area contributed by atoms with Gasteiger partial charge in [0.25, 0.3) is 5.91 Å². The number of carbonyl (C=O) groups is 1. The van der Waals surface area contributed by atoms with Crippen molar-refractivity contribution >= 4 is 11.6 Å². The number of nitrogens with two attached hydrogens (primary N) is 1. The van der Waals surface area contributed by atoms with Crippen molar-refractivity contribution in [1.29, 1.82) is 0 Å². The van der Waals surface area contributed by atoms with Gasteiger partial charge in [0.05, 0.1) is 7.11 Å². The SMILES string of the molecule is COc1cc(N)ccc1OCC(=O)N(C)C1CC1. The monoisotopic (exact) mass is 250 g/mol. The fourth-order valence-corrected chi connectivity index (χ4v) is 1.71. The van der Waals surface area contributed by atoms with Crippen LogP contribution in [-0.4, -0.2) is 37.6 Å². The fourth-order valence-electron chi connectivity index (χ4n) is 1.71. The first-order chi connectivity index (χ1) is 8.61. The maximum Gasteiger partial charge on any atom is 0.260 e. The Morgan fingerprint density at radius 3 is 2.78 bits per heavy atom. The maximum atomic E-state index is 11.8. The van der Waals surface area contributed by atoms with Gasteiger partial charge in [-0.1, -0.05) is 0 Å². The third-order valence-electron chi connectivity index (χ3n) is 3.03. The molecule has 0 atom stereocenters. The molecule has 0 heterocycles. The van der Waals surface area contributed by atoms with E-state index < -0.39 is 0 Å². The van der Waals surface area contributed by atoms with Gasteiger partial charge >= 0.3 is 0 Å². The van der Waals surface area contributed by atoms with Crippen molar-refractivity contribution in [2.24, 2.45) is 0 Å². The Hall–Kier alpha value is -1.91. The standard InChI is InChI=1S/C13H18N2O3/c1-15(10-4-5-10)13(16)8-18-11-6-3-9(14)7-12(11)17-2/h3,6-7,10H,4-5,8,14H2,1-2H3. The van der Waals surface area contributed by atoms with Gasteiger partial charge in [-0.25, -0.2) is 0 Å². The van der Waals surface area contributed by atoms with Crippen molar-refractivity contribution in [2.45, 2.75) is 18.9 Å². The molecule has 0 spiro atoms. The summed E-state index contributed by atoms with van der Waals surface area (Å²) >= 11 is 0. The molecule has 0 saturated heterocycles. The summed E-state index contributed by atoms with van der Waals surface area (Å²) in [5, 5.41) is 0. The highest BCUT2D eigenvalue weighted by atomic mass is 16.5. The predicted molar refractivity (Wildman–Crippen MR) is 68.7 cm³/mol. The summed E-state index contributed by atoms with van der Waals surface area (Å²) in [6.07, 6.45) is 2.18. The molecule has 5 heteroatoms. The highest BCUT2D eigenvalue weighted by Crippen LogP contribution is 2.29. The zero-order chi connectivity index (χ0) is 13.1. The second-order valence-electron chi connectivity index (χ2n) is 4.43. The van der Waals surface area contributed by atoms with Crippen LogP contribution in [0.2, 0.25) is 0 Å². The summed E-state index contributed by atoms with van der Waals surface area (Å²) in [7, 11) is 3.35. The maximum absolute atomic E-state index is 11.8. The van der Waals surface area contributed by atoms with Crippen LogP contribution in [0.3, 0.4) is 0 Å². The number of amides is 1. The molecule has 1 aromatic rings. The number of nitrogens with zero attached hydrogens (tertiary/aromatic N) is 1. The Morgan fingerprint density at radius 1 is 1.44 bits per heavy atom. The van der Waals surface area contributed by atoms with Crippen molar-refractivity contribution < 1.29 is 14.3 Å². The van der Waals surface area contributed by atoms with Crippen molar-refractivity contribution in [3.05, 3.63) is 18.2 Å². The second-order valence-corrected chi connectivity index (χ2v) is 4.43. The van der Waals surface area contributed by atoms with E-state index in [1.54, 1.807) is 30.2 Å². The Labute approximate surface area is 106 Å². The molecule has 0 aromatic heterocycles. The minimum atomic E-state index is -0.0172. The van der Waals surface area contributed by atoms with E-state index in [1.165, 1.54) is 0 Å². The van der Waals surface area contributed by atoms with Crippen LogP contribution in [0.5, 0.6) is 11.5 Å². The van der Waals surface area contributed by atoms with Gasteiger partial charge in [-0.2, -0.15) is 0 Å². The normalized spacial score (nSPS) is 14.1. The van der Waals surface area contributed by atoms with Gasteiger partial charge < -0.3 is 20.1 Å². The molecule has 98 valence electrons. The topological polar surface area (TPSA) is 64.8 Å². The largest absolute Gasteiger partial charge is 0.493 e. The van der Waals surface area contributed by atoms with Crippen LogP contribution in [0, 0.1) is 0 Å². The van der Waals surface area contributed by atoms with Gasteiger partial charge in [-0.3, -0.25) is 4.79 Å². The van der Waals surface area contributed by atoms with Crippen molar-refractivity contribution in [1.82, 2.24) is 4.90 Å². The third kappa shape index (κ3) is 2.85. The number of nitrogen functional groups attached to an aromatic ring is 1. The highest BCUT2D eigenvalue weighted by Gasteiger charge is 2.29. The molecule has 18 heavy (non-hydrogen) atoms. The molecule has 1 amide bonds. The van der Waals surface area contributed by atoms with E-state index in [4.69, 9.17) is 15.2 Å². The number of hydrogen-bond acceptors (Lipinski definition) is 4. The highest BCUT2D eigenvalue weighted by molar-refractivity contribution is 5.78. The molecular formula is C13H18N2O3. The Bertz CT molecular complexity index is 444. The Morgan fingerprint density at radius 2 is 2.17 bits per heavy atom. The summed E-state index contributed by atoms with van der Waals surface area (Å²) < 4.78 is 10.6. The summed E-state index contributed by atoms with van der Waals surface area (Å²) in [5.41, 5.74) is 6.24. The molecule has 0 bridgehead atoms. The lowest BCUT2D eigenvalue weighted by Gasteiger charge is -2.17. The summed E-state index contributed by atoms with van der Waals surface area (Å²) in [5.74, 6) is 1.05. The van der Waals surface area contributed by atoms with Gasteiger partial charge in [0.2, 0.25) is 0 Å². The van der Waals surface area contributed by atoms with Crippen molar-refractivity contribution in [3.63, 3.8) is 0 Å². The smallest absolute Gasteiger partial charge is 0.260 e. The molecule has 0 radical (unpaired) electrons. The number of carbonyl (C=O) groups excluding carboxylic acids is 1. The van der Waals surface area contributed by atoms with E-state index >= 15 is 0 Å². The van der Waals surface area contributed by atoms with Crippen LogP contribution >= 0.6 is 0 Å².